The number of rotatable bonds is 5. The number of aromatic nitrogens is 2. The van der Waals surface area contributed by atoms with E-state index in [1.807, 2.05) is 24.0 Å². The van der Waals surface area contributed by atoms with E-state index in [1.54, 1.807) is 18.5 Å². The van der Waals surface area contributed by atoms with Gasteiger partial charge in [-0.25, -0.2) is 9.78 Å². The first kappa shape index (κ1) is 26.6. The topological polar surface area (TPSA) is 163 Å². The lowest BCUT2D eigenvalue weighted by atomic mass is 9.89. The molecule has 2 aromatic heterocycles. The SMILES string of the molecule is C[C@@H]1CN(c2ccncc2NC(=O)c2nc3cc(C4CCN(C)CC4)ccc3cc2N)C[C@H](N)[C@H]1NC(=O)O. The van der Waals surface area contributed by atoms with Crippen molar-refractivity contribution in [3.63, 3.8) is 0 Å². The van der Waals surface area contributed by atoms with Crippen molar-refractivity contribution in [1.82, 2.24) is 20.2 Å². The molecular weight excluding hydrogens is 496 g/mol. The number of nitrogen functional groups attached to an aromatic ring is 1. The fraction of sp³-hybridized carbons (Fsp3) is 0.429. The second-order valence-corrected chi connectivity index (χ2v) is 10.8. The zero-order valence-corrected chi connectivity index (χ0v) is 22.3. The van der Waals surface area contributed by atoms with Crippen LogP contribution in [0.15, 0.2) is 42.7 Å². The van der Waals surface area contributed by atoms with Crippen LogP contribution in [-0.2, 0) is 0 Å². The van der Waals surface area contributed by atoms with Gasteiger partial charge in [0.05, 0.1) is 34.8 Å². The Balaban J connectivity index is 1.37. The first-order valence-corrected chi connectivity index (χ1v) is 13.3. The molecule has 11 nitrogen and oxygen atoms in total. The van der Waals surface area contributed by atoms with E-state index in [-0.39, 0.29) is 17.7 Å². The molecule has 2 amide bonds. The molecule has 2 aliphatic rings. The average Bonchev–Trinajstić information content (AvgIpc) is 2.90. The minimum atomic E-state index is -1.09. The normalized spacial score (nSPS) is 22.5. The summed E-state index contributed by atoms with van der Waals surface area (Å²) in [5, 5.41) is 15.5. The van der Waals surface area contributed by atoms with Crippen LogP contribution in [0.2, 0.25) is 0 Å². The lowest BCUT2D eigenvalue weighted by Crippen LogP contribution is -2.61. The van der Waals surface area contributed by atoms with Crippen LogP contribution in [0.1, 0.15) is 41.7 Å². The summed E-state index contributed by atoms with van der Waals surface area (Å²) in [6.07, 6.45) is 4.34. The Hall–Kier alpha value is -3.96. The fourth-order valence-corrected chi connectivity index (χ4v) is 5.83. The van der Waals surface area contributed by atoms with Gasteiger partial charge in [0.1, 0.15) is 0 Å². The largest absolute Gasteiger partial charge is 0.465 e. The van der Waals surface area contributed by atoms with Crippen LogP contribution >= 0.6 is 0 Å². The van der Waals surface area contributed by atoms with Gasteiger partial charge in [-0.2, -0.15) is 0 Å². The zero-order chi connectivity index (χ0) is 27.7. The Labute approximate surface area is 227 Å². The van der Waals surface area contributed by atoms with Crippen molar-refractivity contribution in [2.75, 3.05) is 49.2 Å². The fourth-order valence-electron chi connectivity index (χ4n) is 5.83. The van der Waals surface area contributed by atoms with Gasteiger partial charge < -0.3 is 37.0 Å². The summed E-state index contributed by atoms with van der Waals surface area (Å²) in [5.41, 5.74) is 16.3. The third kappa shape index (κ3) is 5.74. The van der Waals surface area contributed by atoms with Gasteiger partial charge >= 0.3 is 6.09 Å². The van der Waals surface area contributed by atoms with E-state index in [4.69, 9.17) is 16.6 Å². The number of nitrogens with one attached hydrogen (secondary N) is 2. The third-order valence-corrected chi connectivity index (χ3v) is 7.97. The predicted octanol–water partition coefficient (Wildman–Crippen LogP) is 2.69. The second-order valence-electron chi connectivity index (χ2n) is 10.8. The number of piperidine rings is 2. The molecule has 0 spiro atoms. The van der Waals surface area contributed by atoms with E-state index in [0.717, 1.165) is 42.5 Å². The van der Waals surface area contributed by atoms with Gasteiger partial charge in [-0.05, 0) is 68.6 Å². The number of carbonyl (C=O) groups is 2. The number of amides is 2. The maximum absolute atomic E-state index is 13.4. The molecule has 5 rings (SSSR count). The van der Waals surface area contributed by atoms with Crippen molar-refractivity contribution >= 4 is 40.0 Å². The molecule has 0 radical (unpaired) electrons. The summed E-state index contributed by atoms with van der Waals surface area (Å²) >= 11 is 0. The van der Waals surface area contributed by atoms with Gasteiger partial charge in [0, 0.05) is 30.7 Å². The van der Waals surface area contributed by atoms with Crippen molar-refractivity contribution in [2.45, 2.75) is 37.8 Å². The third-order valence-electron chi connectivity index (χ3n) is 7.97. The number of carboxylic acid groups (broad SMARTS) is 1. The number of anilines is 3. The van der Waals surface area contributed by atoms with Gasteiger partial charge in [0.2, 0.25) is 0 Å². The highest BCUT2D eigenvalue weighted by Crippen LogP contribution is 2.32. The zero-order valence-electron chi connectivity index (χ0n) is 22.3. The maximum Gasteiger partial charge on any atom is 0.404 e. The van der Waals surface area contributed by atoms with E-state index in [1.165, 1.54) is 5.56 Å². The van der Waals surface area contributed by atoms with Crippen molar-refractivity contribution < 1.29 is 14.7 Å². The second kappa shape index (κ2) is 11.0. The van der Waals surface area contributed by atoms with Gasteiger partial charge in [0.15, 0.2) is 5.69 Å². The van der Waals surface area contributed by atoms with Crippen molar-refractivity contribution in [2.24, 2.45) is 11.7 Å². The summed E-state index contributed by atoms with van der Waals surface area (Å²) in [5.74, 6) is 0.00929. The molecule has 2 fully saturated rings. The lowest BCUT2D eigenvalue weighted by Gasteiger charge is -2.42. The molecule has 7 N–H and O–H groups in total. The average molecular weight is 533 g/mol. The van der Waals surface area contributed by atoms with Crippen LogP contribution < -0.4 is 27.0 Å². The molecule has 3 aromatic rings. The molecule has 0 aliphatic carbocycles. The summed E-state index contributed by atoms with van der Waals surface area (Å²) in [7, 11) is 2.15. The first-order valence-electron chi connectivity index (χ1n) is 13.3. The van der Waals surface area contributed by atoms with E-state index >= 15 is 0 Å². The number of hydrogen-bond acceptors (Lipinski definition) is 8. The highest BCUT2D eigenvalue weighted by molar-refractivity contribution is 6.09. The molecule has 206 valence electrons. The van der Waals surface area contributed by atoms with Crippen LogP contribution in [0.25, 0.3) is 10.9 Å². The molecular formula is C28H36N8O3. The number of carbonyl (C=O) groups excluding carboxylic acids is 1. The molecule has 2 aliphatic heterocycles. The number of benzene rings is 1. The Morgan fingerprint density at radius 2 is 1.90 bits per heavy atom. The van der Waals surface area contributed by atoms with Gasteiger partial charge in [0.25, 0.3) is 5.91 Å². The van der Waals surface area contributed by atoms with E-state index < -0.39 is 18.0 Å². The molecule has 0 unspecified atom stereocenters. The van der Waals surface area contributed by atoms with Crippen LogP contribution in [0.5, 0.6) is 0 Å². The minimum absolute atomic E-state index is 0.0434. The molecule has 2 saturated heterocycles. The molecule has 39 heavy (non-hydrogen) atoms. The van der Waals surface area contributed by atoms with Gasteiger partial charge in [-0.15, -0.1) is 0 Å². The van der Waals surface area contributed by atoms with Crippen molar-refractivity contribution in [1.29, 1.82) is 0 Å². The quantitative estimate of drug-likeness (QED) is 0.332. The molecule has 0 bridgehead atoms. The van der Waals surface area contributed by atoms with Crippen molar-refractivity contribution in [3.8, 4) is 0 Å². The number of hydrogen-bond donors (Lipinski definition) is 5. The predicted molar refractivity (Wildman–Crippen MR) is 152 cm³/mol. The van der Waals surface area contributed by atoms with Crippen LogP contribution in [-0.4, -0.2) is 77.3 Å². The molecule has 4 heterocycles. The summed E-state index contributed by atoms with van der Waals surface area (Å²) in [6, 6.07) is 9.07. The van der Waals surface area contributed by atoms with Crippen LogP contribution in [0.4, 0.5) is 21.9 Å². The summed E-state index contributed by atoms with van der Waals surface area (Å²) in [6.45, 7) is 5.05. The van der Waals surface area contributed by atoms with Crippen LogP contribution in [0, 0.1) is 5.92 Å². The lowest BCUT2D eigenvalue weighted by molar-refractivity contribution is 0.102. The summed E-state index contributed by atoms with van der Waals surface area (Å²) < 4.78 is 0. The highest BCUT2D eigenvalue weighted by atomic mass is 16.4. The Kier molecular flexibility index (Phi) is 7.53. The Morgan fingerprint density at radius 3 is 2.62 bits per heavy atom. The first-order chi connectivity index (χ1) is 18.7. The highest BCUT2D eigenvalue weighted by Gasteiger charge is 2.34. The molecule has 11 heteroatoms. The van der Waals surface area contributed by atoms with E-state index in [0.29, 0.717) is 30.4 Å². The molecule has 3 atom stereocenters. The number of pyridine rings is 2. The maximum atomic E-state index is 13.4. The monoisotopic (exact) mass is 532 g/mol. The van der Waals surface area contributed by atoms with Gasteiger partial charge in [-0.1, -0.05) is 19.1 Å². The number of fused-ring (bicyclic) bond motifs is 1. The van der Waals surface area contributed by atoms with E-state index in [9.17, 15) is 9.59 Å². The number of likely N-dealkylation sites (tertiary alicyclic amines) is 1. The smallest absolute Gasteiger partial charge is 0.404 e. The minimum Gasteiger partial charge on any atom is -0.465 e. The van der Waals surface area contributed by atoms with Crippen LogP contribution in [0.3, 0.4) is 0 Å². The van der Waals surface area contributed by atoms with E-state index in [2.05, 4.69) is 44.7 Å². The summed E-state index contributed by atoms with van der Waals surface area (Å²) in [4.78, 5) is 37.9. The Morgan fingerprint density at radius 1 is 1.13 bits per heavy atom. The number of nitrogens with two attached hydrogens (primary N) is 2. The molecule has 0 saturated carbocycles. The Bertz CT molecular complexity index is 1360. The standard InChI is InChI=1S/C28H36N8O3/c1-16-14-36(15-21(30)25(16)34-28(38)39)24-5-8-31-13-23(24)33-27(37)26-20(29)11-19-4-3-18(12-22(19)32-26)17-6-9-35(2)10-7-17/h3-5,8,11-13,16-17,21,25,34H,6-7,9-10,14-15,29-30H2,1-2H3,(H,33,37)(H,38,39)/t16-,21+,25+/m1/s1. The number of nitrogens with zero attached hydrogens (tertiary/aromatic N) is 4. The van der Waals surface area contributed by atoms with Crippen molar-refractivity contribution in [3.05, 3.63) is 54.0 Å². The van der Waals surface area contributed by atoms with Gasteiger partial charge in [-0.3, -0.25) is 9.78 Å². The molecule has 1 aromatic carbocycles.